The van der Waals surface area contributed by atoms with Crippen LogP contribution in [0.3, 0.4) is 0 Å². The molecule has 1 unspecified atom stereocenters. The molecule has 0 aliphatic carbocycles. The van der Waals surface area contributed by atoms with Crippen LogP contribution in [0.2, 0.25) is 0 Å². The molecule has 60 valence electrons. The van der Waals surface area contributed by atoms with Crippen molar-refractivity contribution in [2.75, 3.05) is 0 Å². The average Bonchev–Trinajstić information content (AvgIpc) is 2.49. The first-order valence-electron chi connectivity index (χ1n) is 3.52. The van der Waals surface area contributed by atoms with Crippen molar-refractivity contribution in [2.24, 2.45) is 4.99 Å². The second-order valence-electron chi connectivity index (χ2n) is 2.55. The zero-order chi connectivity index (χ0) is 8.55. The van der Waals surface area contributed by atoms with Gasteiger partial charge in [-0.2, -0.15) is 0 Å². The molecule has 12 heavy (non-hydrogen) atoms. The highest BCUT2D eigenvalue weighted by molar-refractivity contribution is 6.09. The molecule has 0 aromatic carbocycles. The molecular weight excluding hydrogens is 156 g/mol. The van der Waals surface area contributed by atoms with E-state index in [0.29, 0.717) is 17.4 Å². The lowest BCUT2D eigenvalue weighted by Gasteiger charge is -2.13. The molecule has 4 heteroatoms. The fourth-order valence-corrected chi connectivity index (χ4v) is 1.25. The summed E-state index contributed by atoms with van der Waals surface area (Å²) in [5.74, 6) is -0.180. The standard InChI is InChI=1S/C8H6N2O2/c11-4-5-3-10-7-6(5)1-2-9-8(7)12/h1-4,7H,(H,9,12). The van der Waals surface area contributed by atoms with E-state index in [2.05, 4.69) is 10.3 Å². The normalized spacial score (nSPS) is 25.7. The molecule has 2 rings (SSSR count). The maximum atomic E-state index is 11.1. The smallest absolute Gasteiger partial charge is 0.253 e. The van der Waals surface area contributed by atoms with Crippen molar-refractivity contribution in [1.82, 2.24) is 5.32 Å². The van der Waals surface area contributed by atoms with Crippen molar-refractivity contribution in [1.29, 1.82) is 0 Å². The molecule has 1 N–H and O–H groups in total. The van der Waals surface area contributed by atoms with Crippen molar-refractivity contribution in [3.05, 3.63) is 23.4 Å². The van der Waals surface area contributed by atoms with Gasteiger partial charge in [-0.3, -0.25) is 14.6 Å². The number of carbonyl (C=O) groups excluding carboxylic acids is 2. The number of amides is 1. The SMILES string of the molecule is O=CC1=C2C=CNC(=O)C2N=C1. The fraction of sp³-hybridized carbons (Fsp3) is 0.125. The Morgan fingerprint density at radius 3 is 3.17 bits per heavy atom. The van der Waals surface area contributed by atoms with Gasteiger partial charge in [0, 0.05) is 18.0 Å². The number of aliphatic imine (C=N–C) groups is 1. The number of allylic oxidation sites excluding steroid dienone is 1. The van der Waals surface area contributed by atoms with Crippen LogP contribution in [0.15, 0.2) is 28.4 Å². The number of fused-ring (bicyclic) bond motifs is 1. The Labute approximate surface area is 68.7 Å². The van der Waals surface area contributed by atoms with E-state index >= 15 is 0 Å². The Balaban J connectivity index is 2.49. The van der Waals surface area contributed by atoms with Crippen LogP contribution in [0.4, 0.5) is 0 Å². The van der Waals surface area contributed by atoms with Crippen LogP contribution in [-0.2, 0) is 9.59 Å². The Hall–Kier alpha value is -1.71. The van der Waals surface area contributed by atoms with Gasteiger partial charge in [-0.25, -0.2) is 0 Å². The summed E-state index contributed by atoms with van der Waals surface area (Å²) < 4.78 is 0. The van der Waals surface area contributed by atoms with Crippen LogP contribution in [0.1, 0.15) is 0 Å². The number of nitrogens with zero attached hydrogens (tertiary/aromatic N) is 1. The Bertz CT molecular complexity index is 339. The molecule has 1 amide bonds. The van der Waals surface area contributed by atoms with E-state index in [4.69, 9.17) is 0 Å². The molecule has 0 radical (unpaired) electrons. The molecule has 0 spiro atoms. The van der Waals surface area contributed by atoms with Gasteiger partial charge in [0.1, 0.15) is 0 Å². The minimum absolute atomic E-state index is 0.180. The lowest BCUT2D eigenvalue weighted by Crippen LogP contribution is -2.33. The van der Waals surface area contributed by atoms with Gasteiger partial charge in [-0.15, -0.1) is 0 Å². The van der Waals surface area contributed by atoms with Gasteiger partial charge in [0.05, 0.1) is 0 Å². The van der Waals surface area contributed by atoms with Crippen LogP contribution in [0.5, 0.6) is 0 Å². The molecule has 0 aromatic rings. The van der Waals surface area contributed by atoms with Crippen LogP contribution in [0.25, 0.3) is 0 Å². The molecule has 2 heterocycles. The van der Waals surface area contributed by atoms with Crippen molar-refractivity contribution in [3.8, 4) is 0 Å². The number of rotatable bonds is 1. The summed E-state index contributed by atoms with van der Waals surface area (Å²) in [5, 5.41) is 2.51. The molecule has 0 fully saturated rings. The number of hydrogen-bond acceptors (Lipinski definition) is 3. The van der Waals surface area contributed by atoms with Gasteiger partial charge < -0.3 is 5.32 Å². The van der Waals surface area contributed by atoms with Crippen LogP contribution < -0.4 is 5.32 Å². The number of aldehydes is 1. The van der Waals surface area contributed by atoms with Gasteiger partial charge in [-0.1, -0.05) is 0 Å². The summed E-state index contributed by atoms with van der Waals surface area (Å²) in [5.41, 5.74) is 1.18. The number of nitrogens with one attached hydrogen (secondary N) is 1. The summed E-state index contributed by atoms with van der Waals surface area (Å²) in [7, 11) is 0. The van der Waals surface area contributed by atoms with Crippen LogP contribution >= 0.6 is 0 Å². The van der Waals surface area contributed by atoms with E-state index in [1.165, 1.54) is 12.4 Å². The maximum absolute atomic E-state index is 11.1. The summed E-state index contributed by atoms with van der Waals surface area (Å²) in [6, 6.07) is -0.504. The highest BCUT2D eigenvalue weighted by Gasteiger charge is 2.28. The van der Waals surface area contributed by atoms with Crippen molar-refractivity contribution >= 4 is 18.4 Å². The van der Waals surface area contributed by atoms with Gasteiger partial charge >= 0.3 is 0 Å². The predicted octanol–water partition coefficient (Wildman–Crippen LogP) is -0.422. The van der Waals surface area contributed by atoms with Crippen LogP contribution in [-0.4, -0.2) is 24.4 Å². The second-order valence-corrected chi connectivity index (χ2v) is 2.55. The van der Waals surface area contributed by atoms with Gasteiger partial charge in [0.15, 0.2) is 12.3 Å². The van der Waals surface area contributed by atoms with E-state index < -0.39 is 6.04 Å². The highest BCUT2D eigenvalue weighted by atomic mass is 16.2. The molecular formula is C8H6N2O2. The molecule has 0 saturated carbocycles. The van der Waals surface area contributed by atoms with E-state index in [1.54, 1.807) is 6.08 Å². The topological polar surface area (TPSA) is 58.5 Å². The summed E-state index contributed by atoms with van der Waals surface area (Å²) in [4.78, 5) is 25.5. The second kappa shape index (κ2) is 2.41. The van der Waals surface area contributed by atoms with E-state index in [9.17, 15) is 9.59 Å². The lowest BCUT2D eigenvalue weighted by molar-refractivity contribution is -0.120. The molecule has 0 saturated heterocycles. The van der Waals surface area contributed by atoms with E-state index in [0.717, 1.165) is 0 Å². The van der Waals surface area contributed by atoms with Gasteiger partial charge in [-0.05, 0) is 11.6 Å². The Morgan fingerprint density at radius 2 is 2.42 bits per heavy atom. The van der Waals surface area contributed by atoms with Gasteiger partial charge in [0.2, 0.25) is 0 Å². The van der Waals surface area contributed by atoms with E-state index in [1.807, 2.05) is 0 Å². The lowest BCUT2D eigenvalue weighted by atomic mass is 10.0. The molecule has 1 atom stereocenters. The minimum Gasteiger partial charge on any atom is -0.330 e. The number of hydrogen-bond donors (Lipinski definition) is 1. The van der Waals surface area contributed by atoms with Gasteiger partial charge in [0.25, 0.3) is 5.91 Å². The summed E-state index contributed by atoms with van der Waals surface area (Å²) >= 11 is 0. The first kappa shape index (κ1) is 6.97. The van der Waals surface area contributed by atoms with Crippen LogP contribution in [0, 0.1) is 0 Å². The zero-order valence-corrected chi connectivity index (χ0v) is 6.15. The highest BCUT2D eigenvalue weighted by Crippen LogP contribution is 2.20. The average molecular weight is 162 g/mol. The first-order chi connectivity index (χ1) is 5.83. The Morgan fingerprint density at radius 1 is 1.58 bits per heavy atom. The monoisotopic (exact) mass is 162 g/mol. The van der Waals surface area contributed by atoms with Crippen molar-refractivity contribution in [2.45, 2.75) is 6.04 Å². The zero-order valence-electron chi connectivity index (χ0n) is 6.15. The molecule has 0 aromatic heterocycles. The van der Waals surface area contributed by atoms with Crippen molar-refractivity contribution in [3.63, 3.8) is 0 Å². The fourth-order valence-electron chi connectivity index (χ4n) is 1.25. The predicted molar refractivity (Wildman–Crippen MR) is 42.7 cm³/mol. The molecule has 0 bridgehead atoms. The minimum atomic E-state index is -0.504. The number of carbonyl (C=O) groups is 2. The quantitative estimate of drug-likeness (QED) is 0.532. The molecule has 2 aliphatic heterocycles. The third kappa shape index (κ3) is 0.812. The molecule has 2 aliphatic rings. The first-order valence-corrected chi connectivity index (χ1v) is 3.52. The Kier molecular flexibility index (Phi) is 1.40. The molecule has 4 nitrogen and oxygen atoms in total. The maximum Gasteiger partial charge on any atom is 0.253 e. The largest absolute Gasteiger partial charge is 0.330 e. The third-order valence-electron chi connectivity index (χ3n) is 1.85. The van der Waals surface area contributed by atoms with Crippen molar-refractivity contribution < 1.29 is 9.59 Å². The summed E-state index contributed by atoms with van der Waals surface area (Å²) in [6.07, 6.45) is 5.36. The third-order valence-corrected chi connectivity index (χ3v) is 1.85. The summed E-state index contributed by atoms with van der Waals surface area (Å²) in [6.45, 7) is 0. The van der Waals surface area contributed by atoms with E-state index in [-0.39, 0.29) is 5.91 Å².